The van der Waals surface area contributed by atoms with Crippen molar-refractivity contribution in [1.29, 1.82) is 0 Å². The molecule has 0 saturated carbocycles. The minimum absolute atomic E-state index is 0.249. The third kappa shape index (κ3) is 4.07. The van der Waals surface area contributed by atoms with Crippen LogP contribution < -0.4 is 9.64 Å². The molecule has 8 rings (SSSR count). The zero-order valence-corrected chi connectivity index (χ0v) is 24.1. The van der Waals surface area contributed by atoms with Crippen LogP contribution in [-0.4, -0.2) is 67.8 Å². The third-order valence-corrected chi connectivity index (χ3v) is 10.2. The summed E-state index contributed by atoms with van der Waals surface area (Å²) in [7, 11) is 0. The SMILES string of the molecule is F[C@H]1CN2CCC[C@@]2(COc2nc3c(c(N4CCCn5nncc5C4)n2)COC2(CCc4ccc(Br)cc42)C3)C1. The van der Waals surface area contributed by atoms with Crippen molar-refractivity contribution in [3.8, 4) is 6.01 Å². The molecule has 210 valence electrons. The van der Waals surface area contributed by atoms with Crippen LogP contribution in [0.25, 0.3) is 0 Å². The minimum Gasteiger partial charge on any atom is -0.461 e. The van der Waals surface area contributed by atoms with Gasteiger partial charge in [0.15, 0.2) is 0 Å². The molecule has 0 radical (unpaired) electrons. The predicted octanol–water partition coefficient (Wildman–Crippen LogP) is 4.11. The fraction of sp³-hybridized carbons (Fsp3) is 0.586. The molecular weight excluding hydrogens is 577 g/mol. The molecule has 1 aliphatic carbocycles. The molecule has 3 atom stereocenters. The van der Waals surface area contributed by atoms with E-state index in [0.29, 0.717) is 45.2 Å². The number of nitrogens with zero attached hydrogens (tertiary/aromatic N) is 7. The second-order valence-electron chi connectivity index (χ2n) is 12.1. The Morgan fingerprint density at radius 2 is 2.10 bits per heavy atom. The summed E-state index contributed by atoms with van der Waals surface area (Å²) >= 11 is 3.67. The summed E-state index contributed by atoms with van der Waals surface area (Å²) in [5, 5.41) is 8.38. The second-order valence-corrected chi connectivity index (χ2v) is 13.0. The number of anilines is 1. The van der Waals surface area contributed by atoms with Gasteiger partial charge in [0.05, 0.1) is 41.9 Å². The molecule has 2 fully saturated rings. The van der Waals surface area contributed by atoms with Gasteiger partial charge in [-0.3, -0.25) is 4.90 Å². The molecule has 0 N–H and O–H groups in total. The fourth-order valence-electron chi connectivity index (χ4n) is 7.75. The van der Waals surface area contributed by atoms with E-state index in [4.69, 9.17) is 19.4 Å². The summed E-state index contributed by atoms with van der Waals surface area (Å²) in [4.78, 5) is 14.6. The van der Waals surface area contributed by atoms with Gasteiger partial charge in [-0.15, -0.1) is 5.10 Å². The summed E-state index contributed by atoms with van der Waals surface area (Å²) < 4.78 is 30.7. The molecule has 4 aliphatic heterocycles. The maximum absolute atomic E-state index is 14.4. The first kappa shape index (κ1) is 25.1. The molecule has 5 aliphatic rings. The van der Waals surface area contributed by atoms with E-state index >= 15 is 0 Å². The number of hydrogen-bond acceptors (Lipinski definition) is 8. The summed E-state index contributed by atoms with van der Waals surface area (Å²) in [6.45, 7) is 4.64. The molecule has 1 unspecified atom stereocenters. The van der Waals surface area contributed by atoms with Crippen LogP contribution in [0.5, 0.6) is 6.01 Å². The quantitative estimate of drug-likeness (QED) is 0.437. The lowest BCUT2D eigenvalue weighted by Gasteiger charge is -2.37. The van der Waals surface area contributed by atoms with Gasteiger partial charge in [0.1, 0.15) is 18.6 Å². The topological polar surface area (TPSA) is 81.4 Å². The maximum Gasteiger partial charge on any atom is 0.318 e. The Bertz CT molecular complexity index is 1470. The predicted molar refractivity (Wildman–Crippen MR) is 149 cm³/mol. The number of alkyl halides is 1. The molecule has 9 nitrogen and oxygen atoms in total. The summed E-state index contributed by atoms with van der Waals surface area (Å²) in [6, 6.07) is 6.90. The Morgan fingerprint density at radius 3 is 3.05 bits per heavy atom. The van der Waals surface area contributed by atoms with Gasteiger partial charge in [-0.05, 0) is 61.9 Å². The third-order valence-electron chi connectivity index (χ3n) is 9.74. The number of fused-ring (bicyclic) bond motifs is 5. The lowest BCUT2D eigenvalue weighted by atomic mass is 9.87. The number of hydrogen-bond donors (Lipinski definition) is 0. The largest absolute Gasteiger partial charge is 0.461 e. The van der Waals surface area contributed by atoms with Gasteiger partial charge < -0.3 is 14.4 Å². The second kappa shape index (κ2) is 9.46. The normalized spacial score (nSPS) is 29.2. The first-order valence-corrected chi connectivity index (χ1v) is 15.3. The van der Waals surface area contributed by atoms with Gasteiger partial charge in [-0.25, -0.2) is 9.07 Å². The summed E-state index contributed by atoms with van der Waals surface area (Å²) in [5.74, 6) is 0.868. The van der Waals surface area contributed by atoms with E-state index in [1.165, 1.54) is 11.1 Å². The van der Waals surface area contributed by atoms with Gasteiger partial charge in [-0.1, -0.05) is 27.2 Å². The number of ether oxygens (including phenoxy) is 2. The van der Waals surface area contributed by atoms with Gasteiger partial charge in [0, 0.05) is 42.5 Å². The molecule has 2 aromatic heterocycles. The van der Waals surface area contributed by atoms with Crippen molar-refractivity contribution < 1.29 is 13.9 Å². The van der Waals surface area contributed by atoms with Gasteiger partial charge in [0.25, 0.3) is 0 Å². The van der Waals surface area contributed by atoms with Crippen LogP contribution in [-0.2, 0) is 42.9 Å². The van der Waals surface area contributed by atoms with E-state index in [9.17, 15) is 4.39 Å². The fourth-order valence-corrected chi connectivity index (χ4v) is 8.11. The average Bonchev–Trinajstić information content (AvgIpc) is 3.67. The van der Waals surface area contributed by atoms with Crippen molar-refractivity contribution in [1.82, 2.24) is 29.9 Å². The van der Waals surface area contributed by atoms with Crippen LogP contribution in [0.4, 0.5) is 10.2 Å². The Labute approximate surface area is 241 Å². The van der Waals surface area contributed by atoms with E-state index in [-0.39, 0.29) is 5.54 Å². The summed E-state index contributed by atoms with van der Waals surface area (Å²) in [6.07, 6.45) is 7.14. The van der Waals surface area contributed by atoms with Crippen LogP contribution in [0.1, 0.15) is 60.2 Å². The monoisotopic (exact) mass is 609 g/mol. The van der Waals surface area contributed by atoms with Gasteiger partial charge in [0.2, 0.25) is 0 Å². The van der Waals surface area contributed by atoms with E-state index in [1.54, 1.807) is 0 Å². The highest BCUT2D eigenvalue weighted by molar-refractivity contribution is 9.10. The Kier molecular flexibility index (Phi) is 5.94. The van der Waals surface area contributed by atoms with Crippen molar-refractivity contribution in [2.24, 2.45) is 0 Å². The maximum atomic E-state index is 14.4. The van der Waals surface area contributed by atoms with Crippen molar-refractivity contribution in [2.75, 3.05) is 31.1 Å². The molecule has 1 spiro atoms. The molecule has 6 heterocycles. The van der Waals surface area contributed by atoms with Crippen LogP contribution in [0.2, 0.25) is 0 Å². The van der Waals surface area contributed by atoms with Gasteiger partial charge in [-0.2, -0.15) is 9.97 Å². The standard InChI is InChI=1S/C29H33BrFN7O2/c30-20-4-3-19-5-7-29(24(19)11-20)13-25-23(17-40-29)26(36-8-2-10-38-22(16-36)14-32-35-38)34-27(33-25)39-18-28-6-1-9-37(28)15-21(31)12-28/h3-4,11,14,21H,1-2,5-10,12-13,15-18H2/t21-,28+,29?/m1/s1. The van der Waals surface area contributed by atoms with Crippen LogP contribution in [0.3, 0.4) is 0 Å². The van der Waals surface area contributed by atoms with Crippen molar-refractivity contribution >= 4 is 21.7 Å². The van der Waals surface area contributed by atoms with Crippen molar-refractivity contribution in [2.45, 2.75) is 82.0 Å². The van der Waals surface area contributed by atoms with E-state index in [2.05, 4.69) is 54.2 Å². The molecule has 0 amide bonds. The van der Waals surface area contributed by atoms with Crippen LogP contribution in [0.15, 0.2) is 28.9 Å². The highest BCUT2D eigenvalue weighted by atomic mass is 79.9. The lowest BCUT2D eigenvalue weighted by Crippen LogP contribution is -2.43. The summed E-state index contributed by atoms with van der Waals surface area (Å²) in [5.41, 5.74) is 5.03. The van der Waals surface area contributed by atoms with Crippen LogP contribution in [0, 0.1) is 0 Å². The molecular formula is C29H33BrFN7O2. The zero-order chi connectivity index (χ0) is 26.9. The zero-order valence-electron chi connectivity index (χ0n) is 22.5. The Balaban J connectivity index is 1.16. The lowest BCUT2D eigenvalue weighted by molar-refractivity contribution is -0.0730. The van der Waals surface area contributed by atoms with E-state index in [1.807, 2.05) is 10.9 Å². The molecule has 3 aromatic rings. The highest BCUT2D eigenvalue weighted by Crippen LogP contribution is 2.48. The molecule has 0 bridgehead atoms. The van der Waals surface area contributed by atoms with Crippen LogP contribution >= 0.6 is 15.9 Å². The minimum atomic E-state index is -0.793. The highest BCUT2D eigenvalue weighted by Gasteiger charge is 2.50. The molecule has 1 aromatic carbocycles. The van der Waals surface area contributed by atoms with E-state index < -0.39 is 11.8 Å². The average molecular weight is 611 g/mol. The molecule has 40 heavy (non-hydrogen) atoms. The number of aromatic nitrogens is 5. The molecule has 2 saturated heterocycles. The number of rotatable bonds is 4. The smallest absolute Gasteiger partial charge is 0.318 e. The Hall–Kier alpha value is -2.63. The first-order valence-electron chi connectivity index (χ1n) is 14.5. The van der Waals surface area contributed by atoms with Gasteiger partial charge >= 0.3 is 6.01 Å². The van der Waals surface area contributed by atoms with Crippen molar-refractivity contribution in [3.05, 3.63) is 56.9 Å². The number of halogens is 2. The van der Waals surface area contributed by atoms with Crippen molar-refractivity contribution in [3.63, 3.8) is 0 Å². The number of benzene rings is 1. The number of aryl methyl sites for hydroxylation is 2. The van der Waals surface area contributed by atoms with E-state index in [0.717, 1.165) is 79.0 Å². The Morgan fingerprint density at radius 1 is 1.15 bits per heavy atom. The molecule has 11 heteroatoms. The first-order chi connectivity index (χ1) is 19.5.